The van der Waals surface area contributed by atoms with E-state index < -0.39 is 0 Å². The summed E-state index contributed by atoms with van der Waals surface area (Å²) in [4.78, 5) is 24.2. The summed E-state index contributed by atoms with van der Waals surface area (Å²) < 4.78 is 0. The van der Waals surface area contributed by atoms with Crippen LogP contribution in [0.25, 0.3) is 10.9 Å². The molecule has 0 spiro atoms. The number of nitrogens with one attached hydrogen (secondary N) is 1. The Bertz CT molecular complexity index is 773. The minimum Gasteiger partial charge on any atom is -0.397 e. The number of amides is 1. The van der Waals surface area contributed by atoms with E-state index in [0.29, 0.717) is 11.2 Å². The molecule has 20 heavy (non-hydrogen) atoms. The summed E-state index contributed by atoms with van der Waals surface area (Å²) in [6.07, 6.45) is 3.10. The molecule has 0 bridgehead atoms. The first-order valence-corrected chi connectivity index (χ1v) is 5.97. The monoisotopic (exact) mass is 265 g/mol. The molecule has 1 amide bonds. The third-order valence-electron chi connectivity index (χ3n) is 2.78. The predicted octanol–water partition coefficient (Wildman–Crippen LogP) is 1.86. The fraction of sp³-hybridized carbons (Fsp3) is 0. The van der Waals surface area contributed by atoms with E-state index in [2.05, 4.69) is 20.3 Å². The van der Waals surface area contributed by atoms with Gasteiger partial charge >= 0.3 is 0 Å². The molecule has 0 saturated carbocycles. The molecule has 1 aromatic carbocycles. The highest BCUT2D eigenvalue weighted by atomic mass is 16.2. The van der Waals surface area contributed by atoms with Gasteiger partial charge < -0.3 is 5.73 Å². The molecule has 0 radical (unpaired) electrons. The summed E-state index contributed by atoms with van der Waals surface area (Å²) in [6.45, 7) is 0. The van der Waals surface area contributed by atoms with Gasteiger partial charge in [-0.2, -0.15) is 0 Å². The van der Waals surface area contributed by atoms with Crippen LogP contribution >= 0.6 is 0 Å². The van der Waals surface area contributed by atoms with Crippen LogP contribution in [-0.2, 0) is 0 Å². The maximum absolute atomic E-state index is 12.1. The van der Waals surface area contributed by atoms with E-state index in [-0.39, 0.29) is 17.5 Å². The van der Waals surface area contributed by atoms with E-state index in [1.807, 2.05) is 12.1 Å². The van der Waals surface area contributed by atoms with E-state index in [1.165, 1.54) is 0 Å². The molecule has 0 saturated heterocycles. The third-order valence-corrected chi connectivity index (χ3v) is 2.78. The summed E-state index contributed by atoms with van der Waals surface area (Å²) in [5.74, 6) is -0.137. The first kappa shape index (κ1) is 12.0. The normalized spacial score (nSPS) is 10.4. The van der Waals surface area contributed by atoms with Crippen LogP contribution in [0.1, 0.15) is 10.5 Å². The second-order valence-corrected chi connectivity index (χ2v) is 4.14. The van der Waals surface area contributed by atoms with Crippen LogP contribution in [0.2, 0.25) is 0 Å². The fourth-order valence-corrected chi connectivity index (χ4v) is 1.83. The van der Waals surface area contributed by atoms with Gasteiger partial charge in [0.05, 0.1) is 11.2 Å². The molecule has 6 heteroatoms. The zero-order valence-corrected chi connectivity index (χ0v) is 10.4. The van der Waals surface area contributed by atoms with Crippen LogP contribution in [-0.4, -0.2) is 20.9 Å². The molecule has 0 aliphatic heterocycles. The number of fused-ring (bicyclic) bond motifs is 1. The second kappa shape index (κ2) is 4.93. The maximum Gasteiger partial charge on any atom is 0.276 e. The second-order valence-electron chi connectivity index (χ2n) is 4.14. The highest BCUT2D eigenvalue weighted by Gasteiger charge is 2.10. The Morgan fingerprint density at radius 3 is 2.65 bits per heavy atom. The number of hydrogen-bond donors (Lipinski definition) is 2. The number of rotatable bonds is 2. The molecule has 0 atom stereocenters. The molecule has 2 heterocycles. The Hall–Kier alpha value is -3.02. The predicted molar refractivity (Wildman–Crippen MR) is 76.1 cm³/mol. The third kappa shape index (κ3) is 2.26. The van der Waals surface area contributed by atoms with E-state index >= 15 is 0 Å². The number of aromatic nitrogens is 3. The van der Waals surface area contributed by atoms with Crippen LogP contribution in [0, 0.1) is 0 Å². The zero-order chi connectivity index (χ0) is 13.9. The number of nitrogen functional groups attached to an aromatic ring is 1. The minimum absolute atomic E-state index is 0.237. The Labute approximate surface area is 114 Å². The molecule has 3 N–H and O–H groups in total. The van der Waals surface area contributed by atoms with E-state index in [4.69, 9.17) is 5.73 Å². The number of carbonyl (C=O) groups excluding carboxylic acids is 1. The van der Waals surface area contributed by atoms with Crippen molar-refractivity contribution in [2.45, 2.75) is 0 Å². The summed E-state index contributed by atoms with van der Waals surface area (Å²) >= 11 is 0. The molecule has 98 valence electrons. The number of nitrogens with zero attached hydrogens (tertiary/aromatic N) is 3. The van der Waals surface area contributed by atoms with E-state index in [1.54, 1.807) is 36.7 Å². The van der Waals surface area contributed by atoms with Crippen molar-refractivity contribution < 1.29 is 4.79 Å². The average Bonchev–Trinajstić information content (AvgIpc) is 2.48. The molecule has 0 aliphatic carbocycles. The molecule has 0 aliphatic rings. The highest BCUT2D eigenvalue weighted by molar-refractivity contribution is 6.03. The van der Waals surface area contributed by atoms with Crippen LogP contribution < -0.4 is 11.1 Å². The maximum atomic E-state index is 12.1. The van der Waals surface area contributed by atoms with E-state index in [9.17, 15) is 4.79 Å². The lowest BCUT2D eigenvalue weighted by Gasteiger charge is -2.05. The summed E-state index contributed by atoms with van der Waals surface area (Å²) in [7, 11) is 0. The van der Waals surface area contributed by atoms with Gasteiger partial charge in [-0.25, -0.2) is 15.0 Å². The van der Waals surface area contributed by atoms with Gasteiger partial charge in [0.2, 0.25) is 5.95 Å². The Morgan fingerprint density at radius 2 is 1.85 bits per heavy atom. The Kier molecular flexibility index (Phi) is 2.96. The van der Waals surface area contributed by atoms with Crippen molar-refractivity contribution in [3.8, 4) is 0 Å². The molecule has 0 fully saturated rings. The van der Waals surface area contributed by atoms with Crippen molar-refractivity contribution in [3.63, 3.8) is 0 Å². The zero-order valence-electron chi connectivity index (χ0n) is 10.4. The summed E-state index contributed by atoms with van der Waals surface area (Å²) in [5.41, 5.74) is 7.27. The molecule has 6 nitrogen and oxygen atoms in total. The molecular weight excluding hydrogens is 254 g/mol. The molecule has 3 aromatic rings. The first-order chi connectivity index (χ1) is 9.74. The largest absolute Gasteiger partial charge is 0.397 e. The van der Waals surface area contributed by atoms with Gasteiger partial charge in [-0.3, -0.25) is 10.1 Å². The average molecular weight is 265 g/mol. The van der Waals surface area contributed by atoms with Crippen molar-refractivity contribution in [1.82, 2.24) is 15.0 Å². The van der Waals surface area contributed by atoms with Gasteiger partial charge in [0.15, 0.2) is 0 Å². The van der Waals surface area contributed by atoms with Crippen LogP contribution in [0.4, 0.5) is 11.6 Å². The van der Waals surface area contributed by atoms with Gasteiger partial charge in [0.25, 0.3) is 5.91 Å². The molecular formula is C14H11N5O. The van der Waals surface area contributed by atoms with Crippen LogP contribution in [0.5, 0.6) is 0 Å². The van der Waals surface area contributed by atoms with E-state index in [0.717, 1.165) is 5.39 Å². The quantitative estimate of drug-likeness (QED) is 0.690. The smallest absolute Gasteiger partial charge is 0.276 e. The Morgan fingerprint density at radius 1 is 1.05 bits per heavy atom. The SMILES string of the molecule is Nc1cccc2ccc(C(=O)Nc3ncccn3)nc12. The lowest BCUT2D eigenvalue weighted by molar-refractivity contribution is 0.102. The number of pyridine rings is 1. The molecule has 2 aromatic heterocycles. The van der Waals surface area contributed by atoms with Gasteiger partial charge in [-0.1, -0.05) is 18.2 Å². The number of anilines is 2. The lowest BCUT2D eigenvalue weighted by Crippen LogP contribution is -2.15. The standard InChI is InChI=1S/C14H11N5O/c15-10-4-1-3-9-5-6-11(18-12(9)10)13(20)19-14-16-7-2-8-17-14/h1-8H,15H2,(H,16,17,19,20). The number of carbonyl (C=O) groups is 1. The number of nitrogens with two attached hydrogens (primary N) is 1. The van der Waals surface area contributed by atoms with Gasteiger partial charge in [0.1, 0.15) is 5.69 Å². The minimum atomic E-state index is -0.374. The summed E-state index contributed by atoms with van der Waals surface area (Å²) in [5, 5.41) is 3.46. The Balaban J connectivity index is 1.94. The summed E-state index contributed by atoms with van der Waals surface area (Å²) in [6, 6.07) is 10.6. The number of hydrogen-bond acceptors (Lipinski definition) is 5. The van der Waals surface area contributed by atoms with Crippen LogP contribution in [0.15, 0.2) is 48.8 Å². The first-order valence-electron chi connectivity index (χ1n) is 5.97. The van der Waals surface area contributed by atoms with Gasteiger partial charge in [-0.15, -0.1) is 0 Å². The van der Waals surface area contributed by atoms with Crippen LogP contribution in [0.3, 0.4) is 0 Å². The molecule has 3 rings (SSSR count). The fourth-order valence-electron chi connectivity index (χ4n) is 1.83. The number of benzene rings is 1. The van der Waals surface area contributed by atoms with Crippen molar-refractivity contribution in [3.05, 3.63) is 54.5 Å². The van der Waals surface area contributed by atoms with Gasteiger partial charge in [0, 0.05) is 17.8 Å². The molecule has 0 unspecified atom stereocenters. The van der Waals surface area contributed by atoms with Crippen molar-refractivity contribution in [1.29, 1.82) is 0 Å². The van der Waals surface area contributed by atoms with Crippen molar-refractivity contribution in [2.75, 3.05) is 11.1 Å². The van der Waals surface area contributed by atoms with Crippen molar-refractivity contribution >= 4 is 28.4 Å². The van der Waals surface area contributed by atoms with Gasteiger partial charge in [-0.05, 0) is 18.2 Å². The highest BCUT2D eigenvalue weighted by Crippen LogP contribution is 2.19. The topological polar surface area (TPSA) is 93.8 Å². The number of para-hydroxylation sites is 1. The van der Waals surface area contributed by atoms with Crippen molar-refractivity contribution in [2.24, 2.45) is 0 Å². The lowest BCUT2D eigenvalue weighted by atomic mass is 10.1.